The van der Waals surface area contributed by atoms with Crippen molar-refractivity contribution in [2.45, 2.75) is 33.1 Å². The van der Waals surface area contributed by atoms with Crippen LogP contribution in [0.2, 0.25) is 0 Å². The van der Waals surface area contributed by atoms with Crippen molar-refractivity contribution in [2.75, 3.05) is 19.0 Å². The molecule has 0 fully saturated rings. The Morgan fingerprint density at radius 3 is 2.40 bits per heavy atom. The average molecular weight is 207 g/mol. The minimum Gasteiger partial charge on any atom is -0.492 e. The van der Waals surface area contributed by atoms with Crippen molar-refractivity contribution < 1.29 is 4.74 Å². The number of ether oxygens (including phenoxy) is 1. The van der Waals surface area contributed by atoms with Crippen molar-refractivity contribution in [3.05, 3.63) is 23.8 Å². The molecule has 0 aromatic heterocycles. The van der Waals surface area contributed by atoms with E-state index in [0.717, 1.165) is 11.4 Å². The summed E-state index contributed by atoms with van der Waals surface area (Å²) in [5.41, 5.74) is 2.55. The van der Waals surface area contributed by atoms with E-state index in [-0.39, 0.29) is 5.41 Å². The molecule has 0 radical (unpaired) electrons. The topological polar surface area (TPSA) is 21.3 Å². The molecule has 0 saturated heterocycles. The number of hydrogen-bond acceptors (Lipinski definition) is 2. The Bertz CT molecular complexity index is 326. The largest absolute Gasteiger partial charge is 0.492 e. The van der Waals surface area contributed by atoms with Gasteiger partial charge >= 0.3 is 0 Å². The zero-order valence-electron chi connectivity index (χ0n) is 10.3. The first-order chi connectivity index (χ1) is 6.99. The highest BCUT2D eigenvalue weighted by molar-refractivity contribution is 5.58. The molecule has 1 rings (SSSR count). The molecule has 2 nitrogen and oxygen atoms in total. The monoisotopic (exact) mass is 207 g/mol. The van der Waals surface area contributed by atoms with E-state index in [9.17, 15) is 0 Å². The first kappa shape index (κ1) is 11.9. The minimum absolute atomic E-state index is 0.177. The number of rotatable bonds is 3. The summed E-state index contributed by atoms with van der Waals surface area (Å²) < 4.78 is 5.53. The van der Waals surface area contributed by atoms with Gasteiger partial charge < -0.3 is 10.1 Å². The smallest absolute Gasteiger partial charge is 0.142 e. The number of hydrogen-bond donors (Lipinski definition) is 1. The fourth-order valence-corrected chi connectivity index (χ4v) is 1.47. The molecule has 84 valence electrons. The summed E-state index contributed by atoms with van der Waals surface area (Å²) >= 11 is 0. The van der Waals surface area contributed by atoms with Crippen LogP contribution in [0.15, 0.2) is 18.2 Å². The average Bonchev–Trinajstić information content (AvgIpc) is 2.17. The Balaban J connectivity index is 3.08. The second kappa shape index (κ2) is 4.56. The van der Waals surface area contributed by atoms with Crippen molar-refractivity contribution in [2.24, 2.45) is 0 Å². The zero-order valence-corrected chi connectivity index (χ0v) is 10.3. The van der Waals surface area contributed by atoms with Crippen LogP contribution in [0.1, 0.15) is 33.3 Å². The van der Waals surface area contributed by atoms with E-state index in [1.54, 1.807) is 0 Å². The fourth-order valence-electron chi connectivity index (χ4n) is 1.47. The molecule has 0 aliphatic heterocycles. The van der Waals surface area contributed by atoms with Crippen LogP contribution in [0.5, 0.6) is 5.75 Å². The van der Waals surface area contributed by atoms with Gasteiger partial charge in [-0.15, -0.1) is 0 Å². The lowest BCUT2D eigenvalue weighted by Crippen LogP contribution is -2.11. The van der Waals surface area contributed by atoms with Gasteiger partial charge in [-0.2, -0.15) is 0 Å². The van der Waals surface area contributed by atoms with Crippen molar-refractivity contribution in [3.8, 4) is 5.75 Å². The van der Waals surface area contributed by atoms with Gasteiger partial charge in [-0.3, -0.25) is 0 Å². The third-order valence-electron chi connectivity index (χ3n) is 2.41. The number of benzene rings is 1. The number of anilines is 1. The van der Waals surface area contributed by atoms with E-state index in [1.807, 2.05) is 20.0 Å². The summed E-state index contributed by atoms with van der Waals surface area (Å²) in [5.74, 6) is 0.924. The Labute approximate surface area is 92.6 Å². The highest BCUT2D eigenvalue weighted by Gasteiger charge is 2.15. The molecule has 0 spiro atoms. The van der Waals surface area contributed by atoms with Crippen molar-refractivity contribution in [1.29, 1.82) is 0 Å². The predicted molar refractivity (Wildman–Crippen MR) is 65.9 cm³/mol. The summed E-state index contributed by atoms with van der Waals surface area (Å²) in [6.45, 7) is 9.33. The molecule has 0 atom stereocenters. The van der Waals surface area contributed by atoms with Crippen LogP contribution in [0.25, 0.3) is 0 Å². The van der Waals surface area contributed by atoms with E-state index in [1.165, 1.54) is 5.56 Å². The van der Waals surface area contributed by atoms with Gasteiger partial charge in [0.1, 0.15) is 5.75 Å². The molecular formula is C13H21NO. The lowest BCUT2D eigenvalue weighted by Gasteiger charge is -2.21. The van der Waals surface area contributed by atoms with E-state index in [0.29, 0.717) is 6.61 Å². The van der Waals surface area contributed by atoms with E-state index in [4.69, 9.17) is 4.74 Å². The van der Waals surface area contributed by atoms with Gasteiger partial charge in [0.2, 0.25) is 0 Å². The third-order valence-corrected chi connectivity index (χ3v) is 2.41. The van der Waals surface area contributed by atoms with Gasteiger partial charge in [-0.05, 0) is 30.0 Å². The van der Waals surface area contributed by atoms with Crippen molar-refractivity contribution in [3.63, 3.8) is 0 Å². The maximum Gasteiger partial charge on any atom is 0.142 e. The van der Waals surface area contributed by atoms with E-state index >= 15 is 0 Å². The molecular weight excluding hydrogens is 186 g/mol. The van der Waals surface area contributed by atoms with Crippen LogP contribution in [0.3, 0.4) is 0 Å². The maximum atomic E-state index is 5.53. The van der Waals surface area contributed by atoms with Crippen LogP contribution in [-0.4, -0.2) is 13.7 Å². The molecule has 0 heterocycles. The van der Waals surface area contributed by atoms with Crippen LogP contribution in [0, 0.1) is 0 Å². The lowest BCUT2D eigenvalue weighted by molar-refractivity contribution is 0.341. The summed E-state index contributed by atoms with van der Waals surface area (Å²) in [6, 6.07) is 6.33. The molecule has 0 bridgehead atoms. The highest BCUT2D eigenvalue weighted by Crippen LogP contribution is 2.31. The minimum atomic E-state index is 0.177. The van der Waals surface area contributed by atoms with Crippen LogP contribution >= 0.6 is 0 Å². The summed E-state index contributed by atoms with van der Waals surface area (Å²) in [6.07, 6.45) is 0. The molecule has 0 saturated carbocycles. The highest BCUT2D eigenvalue weighted by atomic mass is 16.5. The molecule has 0 aliphatic rings. The second-order valence-corrected chi connectivity index (χ2v) is 4.64. The summed E-state index contributed by atoms with van der Waals surface area (Å²) in [4.78, 5) is 0. The van der Waals surface area contributed by atoms with Gasteiger partial charge in [0.25, 0.3) is 0 Å². The second-order valence-electron chi connectivity index (χ2n) is 4.64. The number of nitrogens with one attached hydrogen (secondary N) is 1. The Hall–Kier alpha value is -1.18. The molecule has 1 aromatic carbocycles. The Morgan fingerprint density at radius 2 is 1.93 bits per heavy atom. The normalized spacial score (nSPS) is 11.3. The van der Waals surface area contributed by atoms with Gasteiger partial charge in [0, 0.05) is 7.05 Å². The standard InChI is InChI=1S/C13H21NO/c1-6-15-12-8-7-10(13(2,3)4)9-11(12)14-5/h7-9,14H,6H2,1-5H3. The van der Waals surface area contributed by atoms with Gasteiger partial charge in [-0.1, -0.05) is 26.8 Å². The predicted octanol–water partition coefficient (Wildman–Crippen LogP) is 3.42. The van der Waals surface area contributed by atoms with Gasteiger partial charge in [0.05, 0.1) is 12.3 Å². The zero-order chi connectivity index (χ0) is 11.5. The SMILES string of the molecule is CCOc1ccc(C(C)(C)C)cc1NC. The molecule has 2 heteroatoms. The van der Waals surface area contributed by atoms with E-state index < -0.39 is 0 Å². The molecule has 0 aliphatic carbocycles. The first-order valence-electron chi connectivity index (χ1n) is 5.44. The molecule has 1 aromatic rings. The molecule has 15 heavy (non-hydrogen) atoms. The van der Waals surface area contributed by atoms with Crippen LogP contribution in [0.4, 0.5) is 5.69 Å². The molecule has 0 unspecified atom stereocenters. The summed E-state index contributed by atoms with van der Waals surface area (Å²) in [7, 11) is 1.92. The van der Waals surface area contributed by atoms with Crippen LogP contribution < -0.4 is 10.1 Å². The van der Waals surface area contributed by atoms with Crippen molar-refractivity contribution >= 4 is 5.69 Å². The third kappa shape index (κ3) is 2.88. The van der Waals surface area contributed by atoms with Crippen molar-refractivity contribution in [1.82, 2.24) is 0 Å². The van der Waals surface area contributed by atoms with Gasteiger partial charge in [0.15, 0.2) is 0 Å². The van der Waals surface area contributed by atoms with E-state index in [2.05, 4.69) is 38.2 Å². The van der Waals surface area contributed by atoms with Gasteiger partial charge in [-0.25, -0.2) is 0 Å². The first-order valence-corrected chi connectivity index (χ1v) is 5.44. The maximum absolute atomic E-state index is 5.53. The quantitative estimate of drug-likeness (QED) is 0.820. The fraction of sp³-hybridized carbons (Fsp3) is 0.538. The molecule has 0 amide bonds. The Kier molecular flexibility index (Phi) is 3.61. The lowest BCUT2D eigenvalue weighted by atomic mass is 9.87. The van der Waals surface area contributed by atoms with Crippen LogP contribution in [-0.2, 0) is 5.41 Å². The molecule has 1 N–H and O–H groups in total. The summed E-state index contributed by atoms with van der Waals surface area (Å²) in [5, 5.41) is 3.17. The Morgan fingerprint density at radius 1 is 1.27 bits per heavy atom.